The van der Waals surface area contributed by atoms with Gasteiger partial charge in [0, 0.05) is 13.2 Å². The highest BCUT2D eigenvalue weighted by molar-refractivity contribution is 5.07. The van der Waals surface area contributed by atoms with Crippen LogP contribution in [-0.2, 0) is 4.74 Å². The molecule has 29 heavy (non-hydrogen) atoms. The Morgan fingerprint density at radius 2 is 1.62 bits per heavy atom. The molecule has 0 N–H and O–H groups in total. The second-order valence-corrected chi connectivity index (χ2v) is 11.2. The zero-order valence-electron chi connectivity index (χ0n) is 19.2. The number of ether oxygens (including phenoxy) is 1. The zero-order chi connectivity index (χ0) is 20.3. The molecule has 8 atom stereocenters. The average molecular weight is 400 g/mol. The average Bonchev–Trinajstić information content (AvgIpc) is 2.77. The topological polar surface area (TPSA) is 33.0 Å². The van der Waals surface area contributed by atoms with Gasteiger partial charge in [0.05, 0.1) is 11.5 Å². The molecule has 4 fully saturated rings. The fourth-order valence-corrected chi connectivity index (χ4v) is 8.55. The van der Waals surface area contributed by atoms with Gasteiger partial charge in [-0.2, -0.15) is 5.26 Å². The van der Waals surface area contributed by atoms with Crippen LogP contribution in [0.2, 0.25) is 0 Å². The molecule has 0 aromatic carbocycles. The van der Waals surface area contributed by atoms with Gasteiger partial charge in [-0.1, -0.05) is 32.6 Å². The van der Waals surface area contributed by atoms with Crippen LogP contribution in [0.1, 0.15) is 104 Å². The molecule has 0 aromatic heterocycles. The van der Waals surface area contributed by atoms with E-state index in [-0.39, 0.29) is 5.41 Å². The summed E-state index contributed by atoms with van der Waals surface area (Å²) in [5.41, 5.74) is 0.0216. The van der Waals surface area contributed by atoms with E-state index in [9.17, 15) is 5.26 Å². The summed E-state index contributed by atoms with van der Waals surface area (Å²) in [4.78, 5) is 0. The molecule has 0 aliphatic heterocycles. The largest absolute Gasteiger partial charge is 0.381 e. The number of fused-ring (bicyclic) bond motifs is 5. The summed E-state index contributed by atoms with van der Waals surface area (Å²) < 4.78 is 5.89. The maximum Gasteiger partial charge on any atom is 0.0689 e. The fourth-order valence-electron chi connectivity index (χ4n) is 8.55. The maximum atomic E-state index is 10.1. The lowest BCUT2D eigenvalue weighted by atomic mass is 9.48. The van der Waals surface area contributed by atoms with Crippen LogP contribution in [0.15, 0.2) is 0 Å². The van der Waals surface area contributed by atoms with Crippen LogP contribution in [0, 0.1) is 58.2 Å². The van der Waals surface area contributed by atoms with E-state index in [1.165, 1.54) is 89.9 Å². The minimum Gasteiger partial charge on any atom is -0.381 e. The lowest BCUT2D eigenvalue weighted by Crippen LogP contribution is -2.49. The van der Waals surface area contributed by atoms with Crippen molar-refractivity contribution in [3.8, 4) is 6.07 Å². The van der Waals surface area contributed by atoms with Gasteiger partial charge < -0.3 is 4.74 Å². The molecule has 4 aliphatic rings. The normalized spacial score (nSPS) is 44.2. The van der Waals surface area contributed by atoms with Gasteiger partial charge in [-0.05, 0) is 113 Å². The van der Waals surface area contributed by atoms with Crippen molar-refractivity contribution in [2.24, 2.45) is 46.8 Å². The number of unbranched alkanes of at least 4 members (excludes halogenated alkanes) is 2. The first-order chi connectivity index (χ1) is 14.2. The Morgan fingerprint density at radius 3 is 2.41 bits per heavy atom. The molecule has 0 spiro atoms. The summed E-state index contributed by atoms with van der Waals surface area (Å²) >= 11 is 0. The van der Waals surface area contributed by atoms with Crippen LogP contribution >= 0.6 is 0 Å². The van der Waals surface area contributed by atoms with Gasteiger partial charge in [0.2, 0.25) is 0 Å². The van der Waals surface area contributed by atoms with Gasteiger partial charge in [0.15, 0.2) is 0 Å². The lowest BCUT2D eigenvalue weighted by molar-refractivity contribution is -0.0808. The molecular formula is C27H45NO. The van der Waals surface area contributed by atoms with Crippen molar-refractivity contribution in [1.82, 2.24) is 0 Å². The van der Waals surface area contributed by atoms with Crippen molar-refractivity contribution >= 4 is 0 Å². The Bertz CT molecular complexity index is 567. The molecule has 0 aromatic rings. The van der Waals surface area contributed by atoms with E-state index in [1.54, 1.807) is 0 Å². The highest BCUT2D eigenvalue weighted by Crippen LogP contribution is 2.60. The first kappa shape index (κ1) is 21.7. The van der Waals surface area contributed by atoms with E-state index in [4.69, 9.17) is 4.74 Å². The predicted molar refractivity (Wildman–Crippen MR) is 119 cm³/mol. The SMILES string of the molecule is CCCCC[C@@]1(C#N)CCC2C(CCC3C2CCC2C3CCC[C@H]2COCC)C1. The molecule has 6 unspecified atom stereocenters. The van der Waals surface area contributed by atoms with Crippen LogP contribution in [-0.4, -0.2) is 13.2 Å². The van der Waals surface area contributed by atoms with E-state index >= 15 is 0 Å². The standard InChI is InChI=1S/C27H45NO/c1-3-5-6-15-27(19-28)16-14-23-20(17-27)10-11-26-24-9-7-8-21(18-29-4-2)22(24)12-13-25(23)26/h20-26H,3-18H2,1-2H3/t20?,21-,22?,23?,24?,25?,26?,27+/m0/s1. The second-order valence-electron chi connectivity index (χ2n) is 11.2. The van der Waals surface area contributed by atoms with Crippen LogP contribution in [0.4, 0.5) is 0 Å². The first-order valence-corrected chi connectivity index (χ1v) is 13.2. The Morgan fingerprint density at radius 1 is 0.862 bits per heavy atom. The summed E-state index contributed by atoms with van der Waals surface area (Å²) in [5.74, 6) is 6.54. The van der Waals surface area contributed by atoms with E-state index < -0.39 is 0 Å². The molecular weight excluding hydrogens is 354 g/mol. The highest BCUT2D eigenvalue weighted by Gasteiger charge is 2.52. The number of nitriles is 1. The van der Waals surface area contributed by atoms with Gasteiger partial charge in [0.25, 0.3) is 0 Å². The van der Waals surface area contributed by atoms with Gasteiger partial charge in [0.1, 0.15) is 0 Å². The van der Waals surface area contributed by atoms with Crippen LogP contribution in [0.3, 0.4) is 0 Å². The second kappa shape index (κ2) is 9.72. The van der Waals surface area contributed by atoms with Crippen molar-refractivity contribution in [3.05, 3.63) is 0 Å². The van der Waals surface area contributed by atoms with Crippen LogP contribution in [0.5, 0.6) is 0 Å². The summed E-state index contributed by atoms with van der Waals surface area (Å²) in [5, 5.41) is 10.1. The Hall–Kier alpha value is -0.550. The fraction of sp³-hybridized carbons (Fsp3) is 0.963. The van der Waals surface area contributed by atoms with E-state index in [0.29, 0.717) is 0 Å². The molecule has 0 saturated heterocycles. The first-order valence-electron chi connectivity index (χ1n) is 13.2. The summed E-state index contributed by atoms with van der Waals surface area (Å²) in [6.07, 6.45) is 18.9. The number of rotatable bonds is 7. The van der Waals surface area contributed by atoms with Crippen molar-refractivity contribution in [1.29, 1.82) is 5.26 Å². The quantitative estimate of drug-likeness (QED) is 0.418. The van der Waals surface area contributed by atoms with E-state index in [1.807, 2.05) is 0 Å². The lowest BCUT2D eigenvalue weighted by Gasteiger charge is -2.57. The zero-order valence-corrected chi connectivity index (χ0v) is 19.2. The monoisotopic (exact) mass is 399 g/mol. The number of hydrogen-bond donors (Lipinski definition) is 0. The van der Waals surface area contributed by atoms with Gasteiger partial charge >= 0.3 is 0 Å². The van der Waals surface area contributed by atoms with Crippen molar-refractivity contribution in [3.63, 3.8) is 0 Å². The van der Waals surface area contributed by atoms with E-state index in [0.717, 1.165) is 54.6 Å². The molecule has 0 bridgehead atoms. The van der Waals surface area contributed by atoms with Crippen molar-refractivity contribution in [2.75, 3.05) is 13.2 Å². The van der Waals surface area contributed by atoms with Gasteiger partial charge in [-0.15, -0.1) is 0 Å². The molecule has 4 rings (SSSR count). The Kier molecular flexibility index (Phi) is 7.26. The third-order valence-corrected chi connectivity index (χ3v) is 9.87. The molecule has 0 radical (unpaired) electrons. The Labute approximate surface area is 180 Å². The van der Waals surface area contributed by atoms with Gasteiger partial charge in [-0.3, -0.25) is 0 Å². The minimum absolute atomic E-state index is 0.0216. The Balaban J connectivity index is 1.40. The molecule has 164 valence electrons. The van der Waals surface area contributed by atoms with E-state index in [2.05, 4.69) is 19.9 Å². The maximum absolute atomic E-state index is 10.1. The molecule has 4 aliphatic carbocycles. The minimum atomic E-state index is 0.0216. The molecule has 0 heterocycles. The van der Waals surface area contributed by atoms with Crippen molar-refractivity contribution < 1.29 is 4.74 Å². The smallest absolute Gasteiger partial charge is 0.0689 e. The van der Waals surface area contributed by atoms with Crippen LogP contribution < -0.4 is 0 Å². The molecule has 2 nitrogen and oxygen atoms in total. The van der Waals surface area contributed by atoms with Crippen molar-refractivity contribution in [2.45, 2.75) is 104 Å². The third-order valence-electron chi connectivity index (χ3n) is 9.87. The molecule has 4 saturated carbocycles. The number of hydrogen-bond acceptors (Lipinski definition) is 2. The highest BCUT2D eigenvalue weighted by atomic mass is 16.5. The predicted octanol–water partition coefficient (Wildman–Crippen LogP) is 7.38. The molecule has 0 amide bonds. The summed E-state index contributed by atoms with van der Waals surface area (Å²) in [6, 6.07) is 2.84. The summed E-state index contributed by atoms with van der Waals surface area (Å²) in [6.45, 7) is 6.31. The third kappa shape index (κ3) is 4.42. The van der Waals surface area contributed by atoms with Gasteiger partial charge in [-0.25, -0.2) is 0 Å². The molecule has 2 heteroatoms. The summed E-state index contributed by atoms with van der Waals surface area (Å²) in [7, 11) is 0. The van der Waals surface area contributed by atoms with Crippen LogP contribution in [0.25, 0.3) is 0 Å². The number of nitrogens with zero attached hydrogens (tertiary/aromatic N) is 1.